The molecule has 90 valence electrons. The fourth-order valence-electron chi connectivity index (χ4n) is 2.24. The van der Waals surface area contributed by atoms with Crippen molar-refractivity contribution in [2.45, 2.75) is 13.0 Å². The largest absolute Gasteiger partial charge is 0.324 e. The van der Waals surface area contributed by atoms with Gasteiger partial charge < -0.3 is 5.73 Å². The van der Waals surface area contributed by atoms with Crippen molar-refractivity contribution in [1.29, 1.82) is 0 Å². The van der Waals surface area contributed by atoms with E-state index in [1.807, 2.05) is 43.6 Å². The van der Waals surface area contributed by atoms with Crippen molar-refractivity contribution in [3.05, 3.63) is 60.4 Å². The molecule has 0 bridgehead atoms. The van der Waals surface area contributed by atoms with Crippen LogP contribution in [0, 0.1) is 0 Å². The van der Waals surface area contributed by atoms with Gasteiger partial charge in [0, 0.05) is 6.04 Å². The molecular formula is C15H15N3. The lowest BCUT2D eigenvalue weighted by Crippen LogP contribution is -2.09. The van der Waals surface area contributed by atoms with Gasteiger partial charge in [-0.3, -0.25) is 4.57 Å². The van der Waals surface area contributed by atoms with Crippen LogP contribution >= 0.6 is 0 Å². The summed E-state index contributed by atoms with van der Waals surface area (Å²) in [5.74, 6) is 0. The minimum absolute atomic E-state index is 0.00219. The Hall–Kier alpha value is -2.13. The van der Waals surface area contributed by atoms with Crippen LogP contribution in [0.3, 0.4) is 0 Å². The standard InChI is InChI=1S/C15H15N3/c1-11(16)12-6-2-4-8-14(12)18-10-17-13-7-3-5-9-15(13)18/h2-11H,16H2,1H3. The molecule has 3 heteroatoms. The van der Waals surface area contributed by atoms with Crippen molar-refractivity contribution >= 4 is 11.0 Å². The van der Waals surface area contributed by atoms with Crippen molar-refractivity contribution in [2.24, 2.45) is 5.73 Å². The number of rotatable bonds is 2. The van der Waals surface area contributed by atoms with E-state index in [0.717, 1.165) is 22.3 Å². The Kier molecular flexibility index (Phi) is 2.61. The fraction of sp³-hybridized carbons (Fsp3) is 0.133. The van der Waals surface area contributed by atoms with Gasteiger partial charge in [-0.25, -0.2) is 4.98 Å². The third-order valence-electron chi connectivity index (χ3n) is 3.14. The average molecular weight is 237 g/mol. The maximum atomic E-state index is 6.03. The van der Waals surface area contributed by atoms with E-state index in [-0.39, 0.29) is 6.04 Å². The first kappa shape index (κ1) is 11.0. The molecule has 2 N–H and O–H groups in total. The highest BCUT2D eigenvalue weighted by Gasteiger charge is 2.10. The Morgan fingerprint density at radius 1 is 1.06 bits per heavy atom. The van der Waals surface area contributed by atoms with E-state index in [9.17, 15) is 0 Å². The number of fused-ring (bicyclic) bond motifs is 1. The van der Waals surface area contributed by atoms with Gasteiger partial charge in [0.1, 0.15) is 6.33 Å². The van der Waals surface area contributed by atoms with E-state index < -0.39 is 0 Å². The molecular weight excluding hydrogens is 222 g/mol. The molecule has 0 aliphatic carbocycles. The van der Waals surface area contributed by atoms with Crippen LogP contribution < -0.4 is 5.73 Å². The number of nitrogens with two attached hydrogens (primary N) is 1. The highest BCUT2D eigenvalue weighted by atomic mass is 15.1. The normalized spacial score (nSPS) is 12.8. The van der Waals surface area contributed by atoms with Crippen LogP contribution in [0.15, 0.2) is 54.9 Å². The van der Waals surface area contributed by atoms with Crippen LogP contribution in [-0.4, -0.2) is 9.55 Å². The molecule has 0 saturated carbocycles. The van der Waals surface area contributed by atoms with E-state index in [2.05, 4.69) is 27.8 Å². The quantitative estimate of drug-likeness (QED) is 0.744. The molecule has 0 amide bonds. The summed E-state index contributed by atoms with van der Waals surface area (Å²) in [6, 6.07) is 16.3. The van der Waals surface area contributed by atoms with E-state index in [1.54, 1.807) is 0 Å². The van der Waals surface area contributed by atoms with Crippen molar-refractivity contribution in [1.82, 2.24) is 9.55 Å². The van der Waals surface area contributed by atoms with Gasteiger partial charge >= 0.3 is 0 Å². The highest BCUT2D eigenvalue weighted by Crippen LogP contribution is 2.23. The molecule has 1 unspecified atom stereocenters. The van der Waals surface area contributed by atoms with Gasteiger partial charge in [0.25, 0.3) is 0 Å². The molecule has 2 aromatic carbocycles. The van der Waals surface area contributed by atoms with E-state index in [1.165, 1.54) is 0 Å². The number of para-hydroxylation sites is 3. The molecule has 1 heterocycles. The second kappa shape index (κ2) is 4.27. The minimum Gasteiger partial charge on any atom is -0.324 e. The number of imidazole rings is 1. The molecule has 3 nitrogen and oxygen atoms in total. The molecule has 18 heavy (non-hydrogen) atoms. The lowest BCUT2D eigenvalue weighted by Gasteiger charge is -2.13. The molecule has 1 atom stereocenters. The first-order valence-corrected chi connectivity index (χ1v) is 6.04. The van der Waals surface area contributed by atoms with E-state index in [0.29, 0.717) is 0 Å². The van der Waals surface area contributed by atoms with Crippen molar-refractivity contribution < 1.29 is 0 Å². The highest BCUT2D eigenvalue weighted by molar-refractivity contribution is 5.77. The van der Waals surface area contributed by atoms with Crippen molar-refractivity contribution in [2.75, 3.05) is 0 Å². The first-order valence-electron chi connectivity index (χ1n) is 6.04. The summed E-state index contributed by atoms with van der Waals surface area (Å²) in [5, 5.41) is 0. The zero-order valence-electron chi connectivity index (χ0n) is 10.2. The molecule has 3 aromatic rings. The lowest BCUT2D eigenvalue weighted by molar-refractivity contribution is 0.806. The summed E-state index contributed by atoms with van der Waals surface area (Å²) in [7, 11) is 0. The summed E-state index contributed by atoms with van der Waals surface area (Å²) in [5.41, 5.74) is 10.4. The Labute approximate surface area is 106 Å². The second-order valence-electron chi connectivity index (χ2n) is 4.45. The average Bonchev–Trinajstić information content (AvgIpc) is 2.82. The number of aromatic nitrogens is 2. The summed E-state index contributed by atoms with van der Waals surface area (Å²) < 4.78 is 2.09. The first-order chi connectivity index (χ1) is 8.77. The Balaban J connectivity index is 2.27. The van der Waals surface area contributed by atoms with E-state index in [4.69, 9.17) is 5.73 Å². The summed E-state index contributed by atoms with van der Waals surface area (Å²) in [6.45, 7) is 2.00. The molecule has 1 aromatic heterocycles. The van der Waals surface area contributed by atoms with Crippen LogP contribution in [0.1, 0.15) is 18.5 Å². The van der Waals surface area contributed by atoms with Gasteiger partial charge in [0.15, 0.2) is 0 Å². The molecule has 0 spiro atoms. The SMILES string of the molecule is CC(N)c1ccccc1-n1cnc2ccccc21. The van der Waals surface area contributed by atoms with Crippen molar-refractivity contribution in [3.8, 4) is 5.69 Å². The van der Waals surface area contributed by atoms with Gasteiger partial charge in [0.2, 0.25) is 0 Å². The Morgan fingerprint density at radius 3 is 2.61 bits per heavy atom. The molecule has 0 radical (unpaired) electrons. The fourth-order valence-corrected chi connectivity index (χ4v) is 2.24. The third-order valence-corrected chi connectivity index (χ3v) is 3.14. The topological polar surface area (TPSA) is 43.8 Å². The van der Waals surface area contributed by atoms with Crippen LogP contribution in [0.2, 0.25) is 0 Å². The maximum absolute atomic E-state index is 6.03. The lowest BCUT2D eigenvalue weighted by atomic mass is 10.1. The summed E-state index contributed by atoms with van der Waals surface area (Å²) in [4.78, 5) is 4.42. The van der Waals surface area contributed by atoms with Gasteiger partial charge in [0.05, 0.1) is 16.7 Å². The zero-order valence-corrected chi connectivity index (χ0v) is 10.2. The van der Waals surface area contributed by atoms with Gasteiger partial charge in [-0.05, 0) is 30.7 Å². The van der Waals surface area contributed by atoms with Gasteiger partial charge in [-0.1, -0.05) is 30.3 Å². The Morgan fingerprint density at radius 2 is 1.78 bits per heavy atom. The van der Waals surface area contributed by atoms with Gasteiger partial charge in [-0.2, -0.15) is 0 Å². The monoisotopic (exact) mass is 237 g/mol. The maximum Gasteiger partial charge on any atom is 0.100 e. The smallest absolute Gasteiger partial charge is 0.100 e. The van der Waals surface area contributed by atoms with Crippen LogP contribution in [-0.2, 0) is 0 Å². The summed E-state index contributed by atoms with van der Waals surface area (Å²) in [6.07, 6.45) is 1.85. The van der Waals surface area contributed by atoms with Gasteiger partial charge in [-0.15, -0.1) is 0 Å². The van der Waals surface area contributed by atoms with Crippen LogP contribution in [0.25, 0.3) is 16.7 Å². The number of benzene rings is 2. The molecule has 0 fully saturated rings. The van der Waals surface area contributed by atoms with Crippen LogP contribution in [0.4, 0.5) is 0 Å². The summed E-state index contributed by atoms with van der Waals surface area (Å²) >= 11 is 0. The molecule has 0 aliphatic heterocycles. The molecule has 0 aliphatic rings. The zero-order chi connectivity index (χ0) is 12.5. The van der Waals surface area contributed by atoms with Crippen LogP contribution in [0.5, 0.6) is 0 Å². The Bertz CT molecular complexity index is 683. The number of nitrogens with zero attached hydrogens (tertiary/aromatic N) is 2. The predicted molar refractivity (Wildman–Crippen MR) is 73.7 cm³/mol. The molecule has 3 rings (SSSR count). The third kappa shape index (κ3) is 1.69. The second-order valence-corrected chi connectivity index (χ2v) is 4.45. The van der Waals surface area contributed by atoms with E-state index >= 15 is 0 Å². The minimum atomic E-state index is 0.00219. The molecule has 0 saturated heterocycles. The predicted octanol–water partition coefficient (Wildman–Crippen LogP) is 3.05. The number of hydrogen-bond acceptors (Lipinski definition) is 2. The number of hydrogen-bond donors (Lipinski definition) is 1. The van der Waals surface area contributed by atoms with Crippen molar-refractivity contribution in [3.63, 3.8) is 0 Å².